The molecule has 0 radical (unpaired) electrons. The Labute approximate surface area is 162 Å². The Kier molecular flexibility index (Phi) is 7.60. The van der Waals surface area contributed by atoms with Crippen LogP contribution in [0.3, 0.4) is 0 Å². The number of phenolic OH excluding ortho intramolecular Hbond substituents is 1. The van der Waals surface area contributed by atoms with Crippen molar-refractivity contribution in [3.8, 4) is 11.5 Å². The van der Waals surface area contributed by atoms with Crippen LogP contribution in [-0.2, 0) is 14.3 Å². The number of esters is 1. The number of allylic oxidation sites excluding steroid dienone is 3. The molecule has 0 bridgehead atoms. The number of carbonyl (C=O) groups is 2. The Morgan fingerprint density at radius 2 is 1.50 bits per heavy atom. The van der Waals surface area contributed by atoms with Crippen molar-refractivity contribution in [1.29, 1.82) is 0 Å². The van der Waals surface area contributed by atoms with Gasteiger partial charge in [0.15, 0.2) is 12.4 Å². The third-order valence-electron chi connectivity index (χ3n) is 3.53. The Balaban J connectivity index is 1.90. The van der Waals surface area contributed by atoms with Gasteiger partial charge in [0.2, 0.25) is 0 Å². The van der Waals surface area contributed by atoms with Gasteiger partial charge in [-0.1, -0.05) is 36.4 Å². The molecule has 0 saturated heterocycles. The lowest BCUT2D eigenvalue weighted by Gasteiger charge is -2.04. The van der Waals surface area contributed by atoms with Crippen LogP contribution in [0.4, 0.5) is 0 Å². The molecule has 0 amide bonds. The van der Waals surface area contributed by atoms with Gasteiger partial charge in [-0.05, 0) is 47.5 Å². The molecular formula is C22H20O6. The molecule has 2 aromatic carbocycles. The molecule has 0 aliphatic carbocycles. The lowest BCUT2D eigenvalue weighted by molar-refractivity contribution is -0.142. The maximum absolute atomic E-state index is 11.8. The number of benzene rings is 2. The van der Waals surface area contributed by atoms with E-state index in [-0.39, 0.29) is 23.9 Å². The molecule has 0 fully saturated rings. The SMILES string of the molecule is COC(=O)COc1ccc(/C=C/C(O)=CC(=O)/C=C/c2ccc(O)cc2)cc1. The van der Waals surface area contributed by atoms with E-state index in [0.717, 1.165) is 17.2 Å². The van der Waals surface area contributed by atoms with Crippen molar-refractivity contribution in [3.63, 3.8) is 0 Å². The highest BCUT2D eigenvalue weighted by molar-refractivity contribution is 6.02. The lowest BCUT2D eigenvalue weighted by Crippen LogP contribution is -2.12. The maximum Gasteiger partial charge on any atom is 0.343 e. The molecule has 2 rings (SSSR count). The van der Waals surface area contributed by atoms with Crippen molar-refractivity contribution < 1.29 is 29.3 Å². The summed E-state index contributed by atoms with van der Waals surface area (Å²) in [6.45, 7) is -0.172. The molecule has 0 unspecified atom stereocenters. The van der Waals surface area contributed by atoms with Gasteiger partial charge in [-0.2, -0.15) is 0 Å². The predicted octanol–water partition coefficient (Wildman–Crippen LogP) is 3.68. The molecule has 2 N–H and O–H groups in total. The second-order valence-corrected chi connectivity index (χ2v) is 5.66. The standard InChI is InChI=1S/C22H20O6/c1-27-22(26)15-28-21-12-6-17(7-13-21)5-11-20(25)14-19(24)10-4-16-2-8-18(23)9-3-16/h2-14,23,25H,15H2,1H3/b10-4+,11-5+,20-14?. The van der Waals surface area contributed by atoms with Crippen molar-refractivity contribution in [1.82, 2.24) is 0 Å². The van der Waals surface area contributed by atoms with Crippen molar-refractivity contribution in [2.75, 3.05) is 13.7 Å². The molecular weight excluding hydrogens is 360 g/mol. The first-order chi connectivity index (χ1) is 13.5. The summed E-state index contributed by atoms with van der Waals surface area (Å²) in [7, 11) is 1.29. The van der Waals surface area contributed by atoms with Gasteiger partial charge in [-0.15, -0.1) is 0 Å². The van der Waals surface area contributed by atoms with Crippen molar-refractivity contribution in [2.24, 2.45) is 0 Å². The molecule has 0 heterocycles. The third kappa shape index (κ3) is 7.21. The van der Waals surface area contributed by atoms with Gasteiger partial charge in [0, 0.05) is 6.08 Å². The van der Waals surface area contributed by atoms with Crippen LogP contribution in [0.1, 0.15) is 11.1 Å². The van der Waals surface area contributed by atoms with Crippen LogP contribution in [0.15, 0.2) is 72.5 Å². The molecule has 0 aliphatic heterocycles. The van der Waals surface area contributed by atoms with E-state index >= 15 is 0 Å². The molecule has 6 nitrogen and oxygen atoms in total. The third-order valence-corrected chi connectivity index (χ3v) is 3.53. The van der Waals surface area contributed by atoms with Crippen LogP contribution in [0.2, 0.25) is 0 Å². The minimum atomic E-state index is -0.469. The van der Waals surface area contributed by atoms with Gasteiger partial charge in [0.05, 0.1) is 7.11 Å². The van der Waals surface area contributed by atoms with Crippen molar-refractivity contribution in [3.05, 3.63) is 83.6 Å². The first-order valence-corrected chi connectivity index (χ1v) is 8.36. The van der Waals surface area contributed by atoms with Crippen LogP contribution in [-0.4, -0.2) is 35.7 Å². The summed E-state index contributed by atoms with van der Waals surface area (Å²) >= 11 is 0. The summed E-state index contributed by atoms with van der Waals surface area (Å²) in [4.78, 5) is 22.9. The maximum atomic E-state index is 11.8. The fourth-order valence-electron chi connectivity index (χ4n) is 2.06. The topological polar surface area (TPSA) is 93.1 Å². The van der Waals surface area contributed by atoms with Gasteiger partial charge < -0.3 is 19.7 Å². The van der Waals surface area contributed by atoms with Gasteiger partial charge in [-0.3, -0.25) is 4.79 Å². The Bertz CT molecular complexity index is 890. The second-order valence-electron chi connectivity index (χ2n) is 5.66. The Hall–Kier alpha value is -3.80. The van der Waals surface area contributed by atoms with Crippen LogP contribution < -0.4 is 4.74 Å². The highest BCUT2D eigenvalue weighted by Gasteiger charge is 2.01. The van der Waals surface area contributed by atoms with Gasteiger partial charge in [0.25, 0.3) is 0 Å². The summed E-state index contributed by atoms with van der Waals surface area (Å²) in [5.41, 5.74) is 1.53. The number of ether oxygens (including phenoxy) is 2. The number of carbonyl (C=O) groups excluding carboxylic acids is 2. The largest absolute Gasteiger partial charge is 0.508 e. The van der Waals surface area contributed by atoms with E-state index in [1.54, 1.807) is 48.6 Å². The number of rotatable bonds is 8. The number of methoxy groups -OCH3 is 1. The molecule has 28 heavy (non-hydrogen) atoms. The van der Waals surface area contributed by atoms with Gasteiger partial charge in [0.1, 0.15) is 17.3 Å². The normalized spacial score (nSPS) is 11.7. The van der Waals surface area contributed by atoms with E-state index in [9.17, 15) is 19.8 Å². The fourth-order valence-corrected chi connectivity index (χ4v) is 2.06. The fraction of sp³-hybridized carbons (Fsp3) is 0.0909. The minimum Gasteiger partial charge on any atom is -0.508 e. The zero-order valence-electron chi connectivity index (χ0n) is 15.2. The zero-order valence-corrected chi connectivity index (χ0v) is 15.2. The summed E-state index contributed by atoms with van der Waals surface area (Å²) in [6.07, 6.45) is 7.04. The number of phenols is 1. The Morgan fingerprint density at radius 3 is 2.11 bits per heavy atom. The lowest BCUT2D eigenvalue weighted by atomic mass is 10.1. The average molecular weight is 380 g/mol. The van der Waals surface area contributed by atoms with Crippen LogP contribution >= 0.6 is 0 Å². The molecule has 0 aliphatic rings. The van der Waals surface area contributed by atoms with E-state index in [0.29, 0.717) is 5.75 Å². The number of ketones is 1. The summed E-state index contributed by atoms with van der Waals surface area (Å²) in [5.74, 6) is -0.373. The average Bonchev–Trinajstić information content (AvgIpc) is 2.70. The van der Waals surface area contributed by atoms with Crippen LogP contribution in [0.25, 0.3) is 12.2 Å². The van der Waals surface area contributed by atoms with E-state index in [2.05, 4.69) is 4.74 Å². The Morgan fingerprint density at radius 1 is 0.929 bits per heavy atom. The smallest absolute Gasteiger partial charge is 0.343 e. The van der Waals surface area contributed by atoms with Gasteiger partial charge in [-0.25, -0.2) is 4.79 Å². The van der Waals surface area contributed by atoms with E-state index in [1.165, 1.54) is 31.4 Å². The number of aliphatic hydroxyl groups is 1. The predicted molar refractivity (Wildman–Crippen MR) is 106 cm³/mol. The quantitative estimate of drug-likeness (QED) is 0.314. The van der Waals surface area contributed by atoms with Crippen LogP contribution in [0, 0.1) is 0 Å². The molecule has 0 atom stereocenters. The number of aromatic hydroxyl groups is 1. The molecule has 0 aromatic heterocycles. The van der Waals surface area contributed by atoms with E-state index in [1.807, 2.05) is 0 Å². The van der Waals surface area contributed by atoms with Crippen molar-refractivity contribution in [2.45, 2.75) is 0 Å². The van der Waals surface area contributed by atoms with E-state index in [4.69, 9.17) is 4.74 Å². The highest BCUT2D eigenvalue weighted by Crippen LogP contribution is 2.14. The van der Waals surface area contributed by atoms with Crippen molar-refractivity contribution >= 4 is 23.9 Å². The summed E-state index contributed by atoms with van der Waals surface area (Å²) in [5, 5.41) is 19.1. The highest BCUT2D eigenvalue weighted by atomic mass is 16.6. The monoisotopic (exact) mass is 380 g/mol. The van der Waals surface area contributed by atoms with E-state index < -0.39 is 5.97 Å². The molecule has 2 aromatic rings. The number of hydrogen-bond donors (Lipinski definition) is 2. The first kappa shape index (κ1) is 20.5. The molecule has 6 heteroatoms. The van der Waals surface area contributed by atoms with Gasteiger partial charge >= 0.3 is 5.97 Å². The molecule has 0 spiro atoms. The second kappa shape index (κ2) is 10.4. The number of hydrogen-bond acceptors (Lipinski definition) is 6. The first-order valence-electron chi connectivity index (χ1n) is 8.36. The summed E-state index contributed by atoms with van der Waals surface area (Å²) in [6, 6.07) is 13.2. The number of aliphatic hydroxyl groups excluding tert-OH is 1. The molecule has 0 saturated carbocycles. The summed E-state index contributed by atoms with van der Waals surface area (Å²) < 4.78 is 9.72. The molecule has 144 valence electrons. The minimum absolute atomic E-state index is 0.147. The van der Waals surface area contributed by atoms with Crippen LogP contribution in [0.5, 0.6) is 11.5 Å². The zero-order chi connectivity index (χ0) is 20.4.